The van der Waals surface area contributed by atoms with E-state index >= 15 is 0 Å². The van der Waals surface area contributed by atoms with E-state index in [1.807, 2.05) is 26.1 Å². The highest BCUT2D eigenvalue weighted by Gasteiger charge is 2.15. The molecule has 0 saturated heterocycles. The van der Waals surface area contributed by atoms with Crippen molar-refractivity contribution >= 4 is 0 Å². The molecule has 2 unspecified atom stereocenters. The molecule has 2 N–H and O–H groups in total. The molecule has 0 aromatic heterocycles. The first-order chi connectivity index (χ1) is 8.06. The van der Waals surface area contributed by atoms with Gasteiger partial charge in [-0.25, -0.2) is 4.39 Å². The summed E-state index contributed by atoms with van der Waals surface area (Å²) >= 11 is 0. The molecule has 96 valence electrons. The van der Waals surface area contributed by atoms with Gasteiger partial charge in [0, 0.05) is 17.6 Å². The Morgan fingerprint density at radius 3 is 2.59 bits per heavy atom. The second-order valence-electron chi connectivity index (χ2n) is 4.64. The van der Waals surface area contributed by atoms with E-state index in [0.29, 0.717) is 0 Å². The normalized spacial score (nSPS) is 14.9. The smallest absolute Gasteiger partial charge is 0.127 e. The predicted octanol–water partition coefficient (Wildman–Crippen LogP) is 2.95. The van der Waals surface area contributed by atoms with Crippen LogP contribution in [0.25, 0.3) is 0 Å². The van der Waals surface area contributed by atoms with Gasteiger partial charge in [-0.15, -0.1) is 0 Å². The van der Waals surface area contributed by atoms with Crippen LogP contribution in [-0.2, 0) is 0 Å². The average molecular weight is 238 g/mol. The van der Waals surface area contributed by atoms with Crippen molar-refractivity contribution < 1.29 is 4.39 Å². The van der Waals surface area contributed by atoms with Crippen LogP contribution in [0.5, 0.6) is 0 Å². The molecule has 0 aliphatic heterocycles. The summed E-state index contributed by atoms with van der Waals surface area (Å²) in [6.07, 6.45) is 1.94. The van der Waals surface area contributed by atoms with E-state index in [9.17, 15) is 4.39 Å². The number of nitrogens with zero attached hydrogens (tertiary/aromatic N) is 1. The summed E-state index contributed by atoms with van der Waals surface area (Å²) in [6.45, 7) is 5.01. The van der Waals surface area contributed by atoms with Crippen molar-refractivity contribution in [3.8, 4) is 0 Å². The number of hydrogen-bond acceptors (Lipinski definition) is 2. The molecular weight excluding hydrogens is 215 g/mol. The number of hydrogen-bond donors (Lipinski definition) is 1. The van der Waals surface area contributed by atoms with Crippen molar-refractivity contribution in [2.75, 3.05) is 13.6 Å². The van der Waals surface area contributed by atoms with Crippen molar-refractivity contribution in [1.29, 1.82) is 0 Å². The molecule has 17 heavy (non-hydrogen) atoms. The van der Waals surface area contributed by atoms with E-state index in [-0.39, 0.29) is 17.9 Å². The lowest BCUT2D eigenvalue weighted by Crippen LogP contribution is -2.29. The molecule has 2 atom stereocenters. The SMILES string of the molecule is CCC(N)CCN(C)C(C)c1ccccc1F. The fourth-order valence-corrected chi connectivity index (χ4v) is 1.82. The van der Waals surface area contributed by atoms with E-state index in [1.54, 1.807) is 6.07 Å². The highest BCUT2D eigenvalue weighted by atomic mass is 19.1. The molecule has 0 fully saturated rings. The molecule has 1 aromatic carbocycles. The van der Waals surface area contributed by atoms with Gasteiger partial charge in [0.25, 0.3) is 0 Å². The summed E-state index contributed by atoms with van der Waals surface area (Å²) in [7, 11) is 2.01. The second kappa shape index (κ2) is 6.72. The predicted molar refractivity (Wildman–Crippen MR) is 70.3 cm³/mol. The lowest BCUT2D eigenvalue weighted by molar-refractivity contribution is 0.245. The Labute approximate surface area is 104 Å². The van der Waals surface area contributed by atoms with E-state index in [0.717, 1.165) is 24.9 Å². The summed E-state index contributed by atoms with van der Waals surface area (Å²) < 4.78 is 13.6. The Bertz CT molecular complexity index is 341. The van der Waals surface area contributed by atoms with E-state index < -0.39 is 0 Å². The van der Waals surface area contributed by atoms with E-state index in [1.165, 1.54) is 6.07 Å². The maximum absolute atomic E-state index is 13.6. The van der Waals surface area contributed by atoms with Gasteiger partial charge in [0.05, 0.1) is 0 Å². The third kappa shape index (κ3) is 4.10. The van der Waals surface area contributed by atoms with E-state index in [4.69, 9.17) is 5.73 Å². The Morgan fingerprint density at radius 1 is 1.35 bits per heavy atom. The lowest BCUT2D eigenvalue weighted by Gasteiger charge is -2.26. The van der Waals surface area contributed by atoms with Crippen LogP contribution < -0.4 is 5.73 Å². The summed E-state index contributed by atoms with van der Waals surface area (Å²) in [6, 6.07) is 7.28. The molecule has 0 saturated carbocycles. The van der Waals surface area contributed by atoms with Crippen molar-refractivity contribution in [3.63, 3.8) is 0 Å². The average Bonchev–Trinajstić information content (AvgIpc) is 2.35. The topological polar surface area (TPSA) is 29.3 Å². The van der Waals surface area contributed by atoms with Crippen LogP contribution in [0.15, 0.2) is 24.3 Å². The first kappa shape index (κ1) is 14.1. The molecular formula is C14H23FN2. The molecule has 3 heteroatoms. The maximum Gasteiger partial charge on any atom is 0.127 e. The van der Waals surface area contributed by atoms with Gasteiger partial charge in [-0.3, -0.25) is 4.90 Å². The van der Waals surface area contributed by atoms with Crippen molar-refractivity contribution in [2.45, 2.75) is 38.8 Å². The molecule has 0 aliphatic rings. The van der Waals surface area contributed by atoms with Gasteiger partial charge in [0.1, 0.15) is 5.82 Å². The molecule has 0 spiro atoms. The third-order valence-corrected chi connectivity index (χ3v) is 3.39. The van der Waals surface area contributed by atoms with Crippen molar-refractivity contribution in [1.82, 2.24) is 4.90 Å². The first-order valence-corrected chi connectivity index (χ1v) is 6.26. The van der Waals surface area contributed by atoms with Crippen LogP contribution >= 0.6 is 0 Å². The highest BCUT2D eigenvalue weighted by Crippen LogP contribution is 2.21. The Balaban J connectivity index is 2.58. The van der Waals surface area contributed by atoms with Gasteiger partial charge in [-0.05, 0) is 39.4 Å². The van der Waals surface area contributed by atoms with Crippen LogP contribution in [0.1, 0.15) is 38.3 Å². The zero-order valence-electron chi connectivity index (χ0n) is 11.0. The van der Waals surface area contributed by atoms with Crippen LogP contribution in [0, 0.1) is 5.82 Å². The molecule has 0 heterocycles. The van der Waals surface area contributed by atoms with Gasteiger partial charge < -0.3 is 5.73 Å². The standard InChI is InChI=1S/C14H23FN2/c1-4-12(16)9-10-17(3)11(2)13-7-5-6-8-14(13)15/h5-8,11-12H,4,9-10,16H2,1-3H3. The monoisotopic (exact) mass is 238 g/mol. The Kier molecular flexibility index (Phi) is 5.59. The fourth-order valence-electron chi connectivity index (χ4n) is 1.82. The van der Waals surface area contributed by atoms with Crippen LogP contribution in [-0.4, -0.2) is 24.5 Å². The number of nitrogens with two attached hydrogens (primary N) is 1. The number of rotatable bonds is 6. The van der Waals surface area contributed by atoms with Crippen molar-refractivity contribution in [2.24, 2.45) is 5.73 Å². The molecule has 1 rings (SSSR count). The molecule has 2 nitrogen and oxygen atoms in total. The Morgan fingerprint density at radius 2 is 2.00 bits per heavy atom. The lowest BCUT2D eigenvalue weighted by atomic mass is 10.1. The minimum absolute atomic E-state index is 0.0836. The molecule has 0 aliphatic carbocycles. The highest BCUT2D eigenvalue weighted by molar-refractivity contribution is 5.20. The van der Waals surface area contributed by atoms with E-state index in [2.05, 4.69) is 11.8 Å². The summed E-state index contributed by atoms with van der Waals surface area (Å²) in [5.74, 6) is -0.133. The summed E-state index contributed by atoms with van der Waals surface area (Å²) in [5, 5.41) is 0. The van der Waals surface area contributed by atoms with Crippen LogP contribution in [0.3, 0.4) is 0 Å². The van der Waals surface area contributed by atoms with Gasteiger partial charge in [0.2, 0.25) is 0 Å². The maximum atomic E-state index is 13.6. The van der Waals surface area contributed by atoms with Gasteiger partial charge in [-0.1, -0.05) is 25.1 Å². The molecule has 1 aromatic rings. The Hall–Kier alpha value is -0.930. The van der Waals surface area contributed by atoms with Crippen LogP contribution in [0.4, 0.5) is 4.39 Å². The zero-order chi connectivity index (χ0) is 12.8. The number of benzene rings is 1. The van der Waals surface area contributed by atoms with Gasteiger partial charge in [-0.2, -0.15) is 0 Å². The van der Waals surface area contributed by atoms with Gasteiger partial charge >= 0.3 is 0 Å². The van der Waals surface area contributed by atoms with Gasteiger partial charge in [0.15, 0.2) is 0 Å². The zero-order valence-corrected chi connectivity index (χ0v) is 11.0. The minimum Gasteiger partial charge on any atom is -0.328 e. The largest absolute Gasteiger partial charge is 0.328 e. The third-order valence-electron chi connectivity index (χ3n) is 3.39. The van der Waals surface area contributed by atoms with Crippen LogP contribution in [0.2, 0.25) is 0 Å². The molecule has 0 radical (unpaired) electrons. The second-order valence-corrected chi connectivity index (χ2v) is 4.64. The minimum atomic E-state index is -0.133. The van der Waals surface area contributed by atoms with Crippen molar-refractivity contribution in [3.05, 3.63) is 35.6 Å². The quantitative estimate of drug-likeness (QED) is 0.825. The summed E-state index contributed by atoms with van der Waals surface area (Å²) in [4.78, 5) is 2.15. The molecule has 0 bridgehead atoms. The molecule has 0 amide bonds. The first-order valence-electron chi connectivity index (χ1n) is 6.26. The fraction of sp³-hybridized carbons (Fsp3) is 0.571. The number of halogens is 1. The summed E-state index contributed by atoms with van der Waals surface area (Å²) in [5.41, 5.74) is 6.64.